The van der Waals surface area contributed by atoms with Crippen molar-refractivity contribution in [1.82, 2.24) is 4.90 Å². The van der Waals surface area contributed by atoms with Gasteiger partial charge in [-0.2, -0.15) is 0 Å². The number of hydrogen-bond donors (Lipinski definition) is 1. The molecule has 1 aliphatic rings. The van der Waals surface area contributed by atoms with Crippen LogP contribution in [-0.4, -0.2) is 30.6 Å². The Hall–Kier alpha value is -0.340. The highest BCUT2D eigenvalue weighted by atomic mass is 15.1. The Morgan fingerprint density at radius 3 is 3.00 bits per heavy atom. The van der Waals surface area contributed by atoms with Crippen LogP contribution in [0.5, 0.6) is 0 Å². The maximum atomic E-state index is 5.83. The van der Waals surface area contributed by atoms with Gasteiger partial charge in [0.1, 0.15) is 0 Å². The zero-order valence-electron chi connectivity index (χ0n) is 7.34. The van der Waals surface area contributed by atoms with E-state index in [9.17, 15) is 0 Å². The molecule has 11 heavy (non-hydrogen) atoms. The van der Waals surface area contributed by atoms with Crippen LogP contribution in [0.2, 0.25) is 0 Å². The second-order valence-corrected chi connectivity index (χ2v) is 3.59. The lowest BCUT2D eigenvalue weighted by molar-refractivity contribution is 0.225. The van der Waals surface area contributed by atoms with Crippen LogP contribution in [0, 0.1) is 0 Å². The summed E-state index contributed by atoms with van der Waals surface area (Å²) in [5.74, 6) is 0. The van der Waals surface area contributed by atoms with Crippen molar-refractivity contribution < 1.29 is 0 Å². The summed E-state index contributed by atoms with van der Waals surface area (Å²) in [6, 6.07) is 0.392. The molecule has 1 fully saturated rings. The van der Waals surface area contributed by atoms with Crippen molar-refractivity contribution in [3.63, 3.8) is 0 Å². The number of hydrogen-bond acceptors (Lipinski definition) is 2. The largest absolute Gasteiger partial charge is 0.327 e. The van der Waals surface area contributed by atoms with Gasteiger partial charge in [0.2, 0.25) is 0 Å². The Kier molecular flexibility index (Phi) is 3.09. The predicted octanol–water partition coefficient (Wildman–Crippen LogP) is 0.986. The Bertz CT molecular complexity index is 142. The first-order valence-corrected chi connectivity index (χ1v) is 4.31. The molecular formula is C9H18N2. The van der Waals surface area contributed by atoms with Crippen molar-refractivity contribution in [2.75, 3.05) is 19.6 Å². The van der Waals surface area contributed by atoms with Crippen molar-refractivity contribution in [1.29, 1.82) is 0 Å². The van der Waals surface area contributed by atoms with Gasteiger partial charge in [-0.1, -0.05) is 12.2 Å². The zero-order chi connectivity index (χ0) is 8.27. The van der Waals surface area contributed by atoms with Crippen LogP contribution in [0.15, 0.2) is 12.2 Å². The lowest BCUT2D eigenvalue weighted by Gasteiger charge is -2.30. The lowest BCUT2D eigenvalue weighted by Crippen LogP contribution is -2.43. The number of piperidine rings is 1. The van der Waals surface area contributed by atoms with Crippen molar-refractivity contribution >= 4 is 0 Å². The van der Waals surface area contributed by atoms with Crippen LogP contribution in [0.4, 0.5) is 0 Å². The molecule has 0 aliphatic carbocycles. The van der Waals surface area contributed by atoms with E-state index in [4.69, 9.17) is 5.73 Å². The van der Waals surface area contributed by atoms with Gasteiger partial charge in [-0.3, -0.25) is 4.90 Å². The summed E-state index contributed by atoms with van der Waals surface area (Å²) < 4.78 is 0. The van der Waals surface area contributed by atoms with Crippen LogP contribution < -0.4 is 5.73 Å². The minimum absolute atomic E-state index is 0.392. The van der Waals surface area contributed by atoms with E-state index in [0.29, 0.717) is 6.04 Å². The van der Waals surface area contributed by atoms with E-state index in [0.717, 1.165) is 13.1 Å². The lowest BCUT2D eigenvalue weighted by atomic mass is 10.1. The maximum absolute atomic E-state index is 5.83. The van der Waals surface area contributed by atoms with Crippen LogP contribution >= 0.6 is 0 Å². The molecule has 1 aliphatic heterocycles. The molecular weight excluding hydrogens is 136 g/mol. The van der Waals surface area contributed by atoms with Crippen molar-refractivity contribution in [2.45, 2.75) is 25.8 Å². The highest BCUT2D eigenvalue weighted by Crippen LogP contribution is 2.08. The molecule has 2 N–H and O–H groups in total. The number of likely N-dealkylation sites (tertiary alicyclic amines) is 1. The quantitative estimate of drug-likeness (QED) is 0.601. The number of nitrogens with two attached hydrogens (primary N) is 1. The monoisotopic (exact) mass is 154 g/mol. The van der Waals surface area contributed by atoms with E-state index >= 15 is 0 Å². The van der Waals surface area contributed by atoms with E-state index in [1.807, 2.05) is 0 Å². The second-order valence-electron chi connectivity index (χ2n) is 3.59. The first-order valence-electron chi connectivity index (χ1n) is 4.31. The van der Waals surface area contributed by atoms with Gasteiger partial charge in [0.25, 0.3) is 0 Å². The van der Waals surface area contributed by atoms with Gasteiger partial charge in [0.15, 0.2) is 0 Å². The molecule has 0 aromatic heterocycles. The van der Waals surface area contributed by atoms with E-state index in [1.54, 1.807) is 0 Å². The molecule has 1 rings (SSSR count). The van der Waals surface area contributed by atoms with Gasteiger partial charge < -0.3 is 5.73 Å². The molecule has 1 heterocycles. The predicted molar refractivity (Wildman–Crippen MR) is 48.5 cm³/mol. The van der Waals surface area contributed by atoms with Gasteiger partial charge in [0, 0.05) is 19.1 Å². The van der Waals surface area contributed by atoms with Crippen LogP contribution in [0.25, 0.3) is 0 Å². The van der Waals surface area contributed by atoms with Gasteiger partial charge in [-0.05, 0) is 26.3 Å². The van der Waals surface area contributed by atoms with E-state index in [1.165, 1.54) is 25.0 Å². The normalized spacial score (nSPS) is 26.9. The van der Waals surface area contributed by atoms with Crippen molar-refractivity contribution in [3.05, 3.63) is 12.2 Å². The third-order valence-corrected chi connectivity index (χ3v) is 2.04. The topological polar surface area (TPSA) is 29.3 Å². The molecule has 0 aromatic carbocycles. The molecule has 0 bridgehead atoms. The molecule has 1 saturated heterocycles. The van der Waals surface area contributed by atoms with Crippen LogP contribution in [-0.2, 0) is 0 Å². The summed E-state index contributed by atoms with van der Waals surface area (Å²) in [5.41, 5.74) is 7.06. The Morgan fingerprint density at radius 1 is 1.73 bits per heavy atom. The molecule has 0 amide bonds. The SMILES string of the molecule is C=C(C)CN1CCCC(N)C1. The third-order valence-electron chi connectivity index (χ3n) is 2.04. The Morgan fingerprint density at radius 2 is 2.45 bits per heavy atom. The molecule has 1 unspecified atom stereocenters. The Labute approximate surface area is 69.1 Å². The highest BCUT2D eigenvalue weighted by molar-refractivity contribution is 4.93. The third kappa shape index (κ3) is 3.04. The van der Waals surface area contributed by atoms with E-state index in [-0.39, 0.29) is 0 Å². The molecule has 0 aromatic rings. The molecule has 2 heteroatoms. The molecule has 2 nitrogen and oxygen atoms in total. The smallest absolute Gasteiger partial charge is 0.0188 e. The number of rotatable bonds is 2. The first-order chi connectivity index (χ1) is 5.18. The maximum Gasteiger partial charge on any atom is 0.0188 e. The van der Waals surface area contributed by atoms with Gasteiger partial charge >= 0.3 is 0 Å². The minimum Gasteiger partial charge on any atom is -0.327 e. The van der Waals surface area contributed by atoms with Crippen LogP contribution in [0.1, 0.15) is 19.8 Å². The summed E-state index contributed by atoms with van der Waals surface area (Å²) in [5, 5.41) is 0. The summed E-state index contributed by atoms with van der Waals surface area (Å²) >= 11 is 0. The second kappa shape index (κ2) is 3.88. The van der Waals surface area contributed by atoms with E-state index in [2.05, 4.69) is 18.4 Å². The van der Waals surface area contributed by atoms with Gasteiger partial charge in [-0.15, -0.1) is 0 Å². The molecule has 1 atom stereocenters. The summed E-state index contributed by atoms with van der Waals surface area (Å²) in [6.07, 6.45) is 2.43. The van der Waals surface area contributed by atoms with E-state index < -0.39 is 0 Å². The minimum atomic E-state index is 0.392. The summed E-state index contributed by atoms with van der Waals surface area (Å²) in [7, 11) is 0. The molecule has 0 radical (unpaired) electrons. The summed E-state index contributed by atoms with van der Waals surface area (Å²) in [4.78, 5) is 2.39. The average Bonchev–Trinajstić information content (AvgIpc) is 1.85. The first kappa shape index (κ1) is 8.75. The standard InChI is InChI=1S/C9H18N2/c1-8(2)6-11-5-3-4-9(10)7-11/h9H,1,3-7,10H2,2H3. The number of nitrogens with zero attached hydrogens (tertiary/aromatic N) is 1. The average molecular weight is 154 g/mol. The molecule has 0 saturated carbocycles. The molecule has 0 spiro atoms. The summed E-state index contributed by atoms with van der Waals surface area (Å²) in [6.45, 7) is 9.23. The Balaban J connectivity index is 2.28. The fourth-order valence-corrected chi connectivity index (χ4v) is 1.62. The fraction of sp³-hybridized carbons (Fsp3) is 0.778. The van der Waals surface area contributed by atoms with Crippen LogP contribution in [0.3, 0.4) is 0 Å². The zero-order valence-corrected chi connectivity index (χ0v) is 7.34. The van der Waals surface area contributed by atoms with Crippen molar-refractivity contribution in [3.8, 4) is 0 Å². The van der Waals surface area contributed by atoms with Gasteiger partial charge in [0.05, 0.1) is 0 Å². The molecule has 64 valence electrons. The van der Waals surface area contributed by atoms with Crippen molar-refractivity contribution in [2.24, 2.45) is 5.73 Å². The fourth-order valence-electron chi connectivity index (χ4n) is 1.62. The van der Waals surface area contributed by atoms with Gasteiger partial charge in [-0.25, -0.2) is 0 Å². The highest BCUT2D eigenvalue weighted by Gasteiger charge is 2.15.